The third-order valence-electron chi connectivity index (χ3n) is 1.08. The highest BCUT2D eigenvalue weighted by Gasteiger charge is 1.91. The molecule has 0 amide bonds. The van der Waals surface area contributed by atoms with E-state index in [0.29, 0.717) is 5.75 Å². The van der Waals surface area contributed by atoms with Gasteiger partial charge in [0.15, 0.2) is 6.79 Å². The van der Waals surface area contributed by atoms with E-state index in [-0.39, 0.29) is 6.79 Å². The Morgan fingerprint density at radius 2 is 2.36 bits per heavy atom. The normalized spacial score (nSPS) is 9.64. The first-order valence-corrected chi connectivity index (χ1v) is 3.91. The Kier molecular flexibility index (Phi) is 3.39. The van der Waals surface area contributed by atoms with Crippen LogP contribution in [0.1, 0.15) is 0 Å². The van der Waals surface area contributed by atoms with Crippen LogP contribution < -0.4 is 4.74 Å². The lowest BCUT2D eigenvalue weighted by molar-refractivity contribution is 0.0509. The van der Waals surface area contributed by atoms with E-state index in [4.69, 9.17) is 9.47 Å². The van der Waals surface area contributed by atoms with Gasteiger partial charge in [-0.25, -0.2) is 0 Å². The van der Waals surface area contributed by atoms with Crippen LogP contribution in [0.25, 0.3) is 0 Å². The van der Waals surface area contributed by atoms with Crippen molar-refractivity contribution in [2.75, 3.05) is 13.9 Å². The molecule has 0 fully saturated rings. The van der Waals surface area contributed by atoms with E-state index in [9.17, 15) is 0 Å². The fraction of sp³-hybridized carbons (Fsp3) is 0.250. The third kappa shape index (κ3) is 2.91. The highest BCUT2D eigenvalue weighted by molar-refractivity contribution is 9.10. The standard InChI is InChI=1S/C8H8BrO2/c1-10-6-11-8-4-2-7(9)3-5-8/h2-4H,6H2,1H3. The van der Waals surface area contributed by atoms with Gasteiger partial charge >= 0.3 is 0 Å². The summed E-state index contributed by atoms with van der Waals surface area (Å²) in [6.07, 6.45) is 0. The molecule has 0 aromatic heterocycles. The average Bonchev–Trinajstić information content (AvgIpc) is 2.04. The molecule has 3 heteroatoms. The summed E-state index contributed by atoms with van der Waals surface area (Å²) in [5, 5.41) is 0. The van der Waals surface area contributed by atoms with Gasteiger partial charge in [-0.1, -0.05) is 15.9 Å². The molecule has 2 nitrogen and oxygen atoms in total. The first-order chi connectivity index (χ1) is 5.33. The molecule has 59 valence electrons. The van der Waals surface area contributed by atoms with Crippen molar-refractivity contribution < 1.29 is 9.47 Å². The zero-order chi connectivity index (χ0) is 8.10. The van der Waals surface area contributed by atoms with Gasteiger partial charge in [-0.2, -0.15) is 0 Å². The molecular formula is C8H8BrO2. The van der Waals surface area contributed by atoms with Gasteiger partial charge < -0.3 is 9.47 Å². The zero-order valence-corrected chi connectivity index (χ0v) is 7.72. The number of methoxy groups -OCH3 is 1. The van der Waals surface area contributed by atoms with E-state index in [2.05, 4.69) is 22.0 Å². The van der Waals surface area contributed by atoms with Crippen molar-refractivity contribution in [2.24, 2.45) is 0 Å². The predicted molar refractivity (Wildman–Crippen MR) is 45.5 cm³/mol. The molecule has 1 radical (unpaired) electrons. The smallest absolute Gasteiger partial charge is 0.188 e. The molecule has 0 N–H and O–H groups in total. The van der Waals surface area contributed by atoms with Crippen LogP contribution in [0.4, 0.5) is 0 Å². The van der Waals surface area contributed by atoms with Gasteiger partial charge in [0.25, 0.3) is 0 Å². The number of halogens is 1. The second kappa shape index (κ2) is 4.36. The number of ether oxygens (including phenoxy) is 2. The maximum atomic E-state index is 5.11. The molecular weight excluding hydrogens is 208 g/mol. The van der Waals surface area contributed by atoms with E-state index in [1.54, 1.807) is 13.2 Å². The van der Waals surface area contributed by atoms with Gasteiger partial charge in [-0.3, -0.25) is 0 Å². The van der Waals surface area contributed by atoms with E-state index in [1.807, 2.05) is 12.1 Å². The molecule has 0 heterocycles. The third-order valence-corrected chi connectivity index (χ3v) is 1.57. The Labute approximate surface area is 74.3 Å². The second-order valence-corrected chi connectivity index (χ2v) is 2.84. The number of rotatable bonds is 3. The van der Waals surface area contributed by atoms with Gasteiger partial charge in [-0.15, -0.1) is 0 Å². The highest BCUT2D eigenvalue weighted by Crippen LogP contribution is 2.14. The SMILES string of the molecule is COCOc1[c]cc(Br)cc1. The molecule has 1 aromatic rings. The van der Waals surface area contributed by atoms with Crippen molar-refractivity contribution >= 4 is 15.9 Å². The Bertz CT molecular complexity index is 208. The van der Waals surface area contributed by atoms with E-state index in [1.165, 1.54) is 0 Å². The van der Waals surface area contributed by atoms with E-state index < -0.39 is 0 Å². The fourth-order valence-corrected chi connectivity index (χ4v) is 0.850. The average molecular weight is 216 g/mol. The Morgan fingerprint density at radius 3 is 2.91 bits per heavy atom. The topological polar surface area (TPSA) is 18.5 Å². The van der Waals surface area contributed by atoms with Gasteiger partial charge in [0.05, 0.1) is 0 Å². The van der Waals surface area contributed by atoms with Crippen LogP contribution in [0.15, 0.2) is 22.7 Å². The number of hydrogen-bond acceptors (Lipinski definition) is 2. The number of hydrogen-bond donors (Lipinski definition) is 0. The van der Waals surface area contributed by atoms with Crippen LogP contribution in [0.2, 0.25) is 0 Å². The molecule has 0 aliphatic rings. The van der Waals surface area contributed by atoms with Crippen molar-refractivity contribution in [1.82, 2.24) is 0 Å². The summed E-state index contributed by atoms with van der Waals surface area (Å²) in [4.78, 5) is 0. The van der Waals surface area contributed by atoms with Crippen molar-refractivity contribution in [2.45, 2.75) is 0 Å². The van der Waals surface area contributed by atoms with Crippen LogP contribution >= 0.6 is 15.9 Å². The molecule has 0 spiro atoms. The zero-order valence-electron chi connectivity index (χ0n) is 6.13. The lowest BCUT2D eigenvalue weighted by Gasteiger charge is -2.02. The van der Waals surface area contributed by atoms with Gasteiger partial charge in [-0.05, 0) is 18.2 Å². The summed E-state index contributed by atoms with van der Waals surface area (Å²) in [6, 6.07) is 8.43. The minimum atomic E-state index is 0.262. The van der Waals surface area contributed by atoms with Crippen LogP contribution in [-0.2, 0) is 4.74 Å². The van der Waals surface area contributed by atoms with Crippen LogP contribution in [-0.4, -0.2) is 13.9 Å². The van der Waals surface area contributed by atoms with E-state index in [0.717, 1.165) is 4.47 Å². The molecule has 0 aliphatic heterocycles. The van der Waals surface area contributed by atoms with Crippen molar-refractivity contribution in [3.8, 4) is 5.75 Å². The minimum Gasteiger partial charge on any atom is -0.467 e. The Hall–Kier alpha value is -0.540. The molecule has 0 bridgehead atoms. The Morgan fingerprint density at radius 1 is 1.55 bits per heavy atom. The van der Waals surface area contributed by atoms with Gasteiger partial charge in [0.1, 0.15) is 5.75 Å². The minimum absolute atomic E-state index is 0.262. The van der Waals surface area contributed by atoms with Crippen LogP contribution in [0.5, 0.6) is 5.75 Å². The monoisotopic (exact) mass is 215 g/mol. The van der Waals surface area contributed by atoms with Gasteiger partial charge in [0.2, 0.25) is 0 Å². The summed E-state index contributed by atoms with van der Waals surface area (Å²) in [5.74, 6) is 0.690. The highest BCUT2D eigenvalue weighted by atomic mass is 79.9. The lowest BCUT2D eigenvalue weighted by atomic mass is 10.3. The summed E-state index contributed by atoms with van der Waals surface area (Å²) >= 11 is 3.30. The number of benzene rings is 1. The Balaban J connectivity index is 2.52. The molecule has 0 aliphatic carbocycles. The molecule has 11 heavy (non-hydrogen) atoms. The van der Waals surface area contributed by atoms with Crippen LogP contribution in [0.3, 0.4) is 0 Å². The maximum absolute atomic E-state index is 5.11. The molecule has 0 unspecified atom stereocenters. The summed E-state index contributed by atoms with van der Waals surface area (Å²) in [6.45, 7) is 0.262. The van der Waals surface area contributed by atoms with Crippen molar-refractivity contribution in [1.29, 1.82) is 0 Å². The molecule has 0 saturated heterocycles. The summed E-state index contributed by atoms with van der Waals surface area (Å²) < 4.78 is 10.8. The molecule has 1 aromatic carbocycles. The lowest BCUT2D eigenvalue weighted by Crippen LogP contribution is -1.98. The molecule has 0 saturated carbocycles. The summed E-state index contributed by atoms with van der Waals surface area (Å²) in [7, 11) is 1.58. The van der Waals surface area contributed by atoms with E-state index >= 15 is 0 Å². The molecule has 1 rings (SSSR count). The first kappa shape index (κ1) is 8.56. The van der Waals surface area contributed by atoms with Crippen LogP contribution in [0, 0.1) is 6.07 Å². The van der Waals surface area contributed by atoms with Gasteiger partial charge in [0, 0.05) is 17.6 Å². The quantitative estimate of drug-likeness (QED) is 0.721. The van der Waals surface area contributed by atoms with Crippen molar-refractivity contribution in [3.05, 3.63) is 28.7 Å². The first-order valence-electron chi connectivity index (χ1n) is 3.12. The maximum Gasteiger partial charge on any atom is 0.188 e. The molecule has 0 atom stereocenters. The fourth-order valence-electron chi connectivity index (χ4n) is 0.604. The largest absolute Gasteiger partial charge is 0.467 e. The van der Waals surface area contributed by atoms with Crippen molar-refractivity contribution in [3.63, 3.8) is 0 Å². The summed E-state index contributed by atoms with van der Waals surface area (Å²) in [5.41, 5.74) is 0. The second-order valence-electron chi connectivity index (χ2n) is 1.92. The predicted octanol–water partition coefficient (Wildman–Crippen LogP) is 2.23.